The number of unbranched alkanes of at least 4 members (excludes halogenated alkanes) is 15. The van der Waals surface area contributed by atoms with Crippen LogP contribution in [0, 0.1) is 10.1 Å². The zero-order valence-electron chi connectivity index (χ0n) is 27.6. The molecular formula is C36H51N3O6S. The summed E-state index contributed by atoms with van der Waals surface area (Å²) in [6.07, 6.45) is 20.6. The van der Waals surface area contributed by atoms with E-state index in [0.717, 1.165) is 25.3 Å². The van der Waals surface area contributed by atoms with E-state index in [1.54, 1.807) is 30.3 Å². The third-order valence-electron chi connectivity index (χ3n) is 8.36. The minimum Gasteiger partial charge on any atom is -0.504 e. The molecule has 9 nitrogen and oxygen atoms in total. The quantitative estimate of drug-likeness (QED) is 0.0469. The largest absolute Gasteiger partial charge is 0.504 e. The normalized spacial score (nSPS) is 11.9. The first-order valence-electron chi connectivity index (χ1n) is 17.1. The highest BCUT2D eigenvalue weighted by Crippen LogP contribution is 2.42. The fourth-order valence-electron chi connectivity index (χ4n) is 5.54. The highest BCUT2D eigenvalue weighted by molar-refractivity contribution is 7.91. The van der Waals surface area contributed by atoms with Crippen LogP contribution in [0.3, 0.4) is 0 Å². The molecule has 0 aliphatic carbocycles. The highest BCUT2D eigenvalue weighted by atomic mass is 32.2. The Morgan fingerprint density at radius 1 is 0.717 bits per heavy atom. The monoisotopic (exact) mass is 653 g/mol. The van der Waals surface area contributed by atoms with Crippen LogP contribution in [0.25, 0.3) is 10.8 Å². The molecule has 0 fully saturated rings. The van der Waals surface area contributed by atoms with Crippen molar-refractivity contribution in [1.29, 1.82) is 0 Å². The number of phenolic OH excluding ortho intramolecular Hbond substituents is 1. The molecule has 0 atom stereocenters. The molecule has 0 bridgehead atoms. The van der Waals surface area contributed by atoms with Crippen molar-refractivity contribution in [3.8, 4) is 11.5 Å². The molecule has 3 aromatic carbocycles. The van der Waals surface area contributed by atoms with Crippen LogP contribution in [-0.4, -0.2) is 30.8 Å². The molecule has 3 rings (SSSR count). The number of benzene rings is 3. The Labute approximate surface area is 274 Å². The van der Waals surface area contributed by atoms with E-state index < -0.39 is 20.4 Å². The lowest BCUT2D eigenvalue weighted by Gasteiger charge is -2.12. The van der Waals surface area contributed by atoms with E-state index in [4.69, 9.17) is 4.74 Å². The number of nitrogens with zero attached hydrogens (tertiary/aromatic N) is 3. The number of phenols is 1. The summed E-state index contributed by atoms with van der Waals surface area (Å²) in [5.41, 5.74) is -0.163. The molecule has 46 heavy (non-hydrogen) atoms. The zero-order valence-corrected chi connectivity index (χ0v) is 28.4. The second-order valence-corrected chi connectivity index (χ2v) is 14.2. The van der Waals surface area contributed by atoms with Crippen molar-refractivity contribution >= 4 is 37.7 Å². The van der Waals surface area contributed by atoms with Crippen LogP contribution in [0.4, 0.5) is 17.1 Å². The Hall–Kier alpha value is -3.53. The van der Waals surface area contributed by atoms with Gasteiger partial charge >= 0.3 is 0 Å². The number of hydrogen-bond donors (Lipinski definition) is 1. The molecule has 0 aliphatic rings. The standard InChI is InChI=1S/C36H51N3O6S/c1-3-5-6-7-8-9-10-11-12-13-14-15-16-17-18-21-26-45-35-28-33(30-22-19-20-23-31(30)36(35)40)38-37-32-25-24-29(46(43,44)4-2)27-34(32)39(41)42/h19-20,22-25,27-28,40H,3-18,21,26H2,1-2H3. The van der Waals surface area contributed by atoms with E-state index >= 15 is 0 Å². The van der Waals surface area contributed by atoms with E-state index in [0.29, 0.717) is 23.1 Å². The van der Waals surface area contributed by atoms with Crippen LogP contribution in [-0.2, 0) is 9.84 Å². The van der Waals surface area contributed by atoms with Crippen molar-refractivity contribution in [2.24, 2.45) is 10.2 Å². The molecule has 0 aromatic heterocycles. The first-order chi connectivity index (χ1) is 22.3. The lowest BCUT2D eigenvalue weighted by molar-refractivity contribution is -0.384. The van der Waals surface area contributed by atoms with E-state index in [1.165, 1.54) is 103 Å². The van der Waals surface area contributed by atoms with Crippen molar-refractivity contribution in [3.05, 3.63) is 58.6 Å². The number of hydrogen-bond acceptors (Lipinski definition) is 8. The maximum atomic E-state index is 12.2. The van der Waals surface area contributed by atoms with E-state index in [9.17, 15) is 23.6 Å². The molecule has 0 saturated carbocycles. The Kier molecular flexibility index (Phi) is 16.0. The summed E-state index contributed by atoms with van der Waals surface area (Å²) in [6.45, 7) is 4.18. The summed E-state index contributed by atoms with van der Waals surface area (Å²) in [4.78, 5) is 10.9. The smallest absolute Gasteiger partial charge is 0.298 e. The Bertz CT molecular complexity index is 1520. The molecule has 252 valence electrons. The van der Waals surface area contributed by atoms with Crippen molar-refractivity contribution in [1.82, 2.24) is 0 Å². The van der Waals surface area contributed by atoms with Crippen LogP contribution in [0.1, 0.15) is 117 Å². The first kappa shape index (κ1) is 36.9. The maximum absolute atomic E-state index is 12.2. The van der Waals surface area contributed by atoms with Crippen LogP contribution in [0.5, 0.6) is 11.5 Å². The third kappa shape index (κ3) is 11.7. The van der Waals surface area contributed by atoms with Crippen molar-refractivity contribution in [3.63, 3.8) is 0 Å². The number of rotatable bonds is 23. The van der Waals surface area contributed by atoms with Gasteiger partial charge in [-0.2, -0.15) is 0 Å². The molecule has 0 aliphatic heterocycles. The average molecular weight is 654 g/mol. The number of aromatic hydroxyl groups is 1. The van der Waals surface area contributed by atoms with Crippen molar-refractivity contribution < 1.29 is 23.2 Å². The van der Waals surface area contributed by atoms with Gasteiger partial charge in [-0.25, -0.2) is 8.42 Å². The Balaban J connectivity index is 1.48. The van der Waals surface area contributed by atoms with Gasteiger partial charge in [-0.15, -0.1) is 10.2 Å². The van der Waals surface area contributed by atoms with Crippen LogP contribution in [0.2, 0.25) is 0 Å². The predicted octanol–water partition coefficient (Wildman–Crippen LogP) is 11.3. The Morgan fingerprint density at radius 2 is 1.24 bits per heavy atom. The lowest BCUT2D eigenvalue weighted by Crippen LogP contribution is -2.04. The van der Waals surface area contributed by atoms with Crippen LogP contribution >= 0.6 is 0 Å². The van der Waals surface area contributed by atoms with E-state index in [1.807, 2.05) is 0 Å². The second-order valence-electron chi connectivity index (χ2n) is 12.0. The number of sulfone groups is 1. The lowest BCUT2D eigenvalue weighted by atomic mass is 10.0. The molecule has 0 saturated heterocycles. The fourth-order valence-corrected chi connectivity index (χ4v) is 6.44. The maximum Gasteiger partial charge on any atom is 0.298 e. The molecule has 0 amide bonds. The van der Waals surface area contributed by atoms with Gasteiger partial charge in [0.2, 0.25) is 0 Å². The van der Waals surface area contributed by atoms with Gasteiger partial charge in [-0.05, 0) is 18.6 Å². The van der Waals surface area contributed by atoms with Gasteiger partial charge in [0.25, 0.3) is 5.69 Å². The van der Waals surface area contributed by atoms with Gasteiger partial charge in [-0.3, -0.25) is 10.1 Å². The zero-order chi connectivity index (χ0) is 33.2. The van der Waals surface area contributed by atoms with Gasteiger partial charge in [0.05, 0.1) is 27.9 Å². The number of ether oxygens (including phenoxy) is 1. The van der Waals surface area contributed by atoms with E-state index in [-0.39, 0.29) is 27.8 Å². The predicted molar refractivity (Wildman–Crippen MR) is 186 cm³/mol. The topological polar surface area (TPSA) is 131 Å². The van der Waals surface area contributed by atoms with E-state index in [2.05, 4.69) is 17.2 Å². The first-order valence-corrected chi connectivity index (χ1v) is 18.7. The number of nitro groups is 1. The number of fused-ring (bicyclic) bond motifs is 1. The number of nitro benzene ring substituents is 1. The van der Waals surface area contributed by atoms with Crippen molar-refractivity contribution in [2.45, 2.75) is 121 Å². The fraction of sp³-hybridized carbons (Fsp3) is 0.556. The minimum atomic E-state index is -3.63. The van der Waals surface area contributed by atoms with Gasteiger partial charge in [-0.1, -0.05) is 134 Å². The molecule has 0 unspecified atom stereocenters. The van der Waals surface area contributed by atoms with Gasteiger partial charge in [0.1, 0.15) is 0 Å². The van der Waals surface area contributed by atoms with Gasteiger partial charge in [0.15, 0.2) is 27.0 Å². The summed E-state index contributed by atoms with van der Waals surface area (Å²) < 4.78 is 30.4. The molecule has 0 radical (unpaired) electrons. The average Bonchev–Trinajstić information content (AvgIpc) is 3.06. The SMILES string of the molecule is CCCCCCCCCCCCCCCCCCOc1cc(N=Nc2ccc(S(=O)(=O)CC)cc2[N+](=O)[O-])c2ccccc2c1O. The summed E-state index contributed by atoms with van der Waals surface area (Å²) in [5, 5.41) is 32.1. The molecule has 0 heterocycles. The minimum absolute atomic E-state index is 0.00569. The van der Waals surface area contributed by atoms with Gasteiger partial charge in [0, 0.05) is 22.9 Å². The summed E-state index contributed by atoms with van der Waals surface area (Å²) in [7, 11) is -3.63. The molecule has 10 heteroatoms. The van der Waals surface area contributed by atoms with Gasteiger partial charge < -0.3 is 9.84 Å². The second kappa shape index (κ2) is 19.9. The summed E-state index contributed by atoms with van der Waals surface area (Å²) >= 11 is 0. The Morgan fingerprint density at radius 3 is 1.78 bits per heavy atom. The third-order valence-corrected chi connectivity index (χ3v) is 10.1. The molecule has 1 N–H and O–H groups in total. The molecule has 0 spiro atoms. The highest BCUT2D eigenvalue weighted by Gasteiger charge is 2.21. The molecule has 3 aromatic rings. The summed E-state index contributed by atoms with van der Waals surface area (Å²) in [6, 6.07) is 12.3. The van der Waals surface area contributed by atoms with Crippen molar-refractivity contribution in [2.75, 3.05) is 12.4 Å². The number of azo groups is 1. The van der Waals surface area contributed by atoms with Crippen LogP contribution in [0.15, 0.2) is 63.7 Å². The molecular weight excluding hydrogens is 602 g/mol. The van der Waals surface area contributed by atoms with Crippen LogP contribution < -0.4 is 4.74 Å². The summed E-state index contributed by atoms with van der Waals surface area (Å²) in [5.74, 6) is 0.103.